The molecule has 3 N–H and O–H groups in total. The predicted molar refractivity (Wildman–Crippen MR) is 72.7 cm³/mol. The second-order valence-corrected chi connectivity index (χ2v) is 4.88. The lowest BCUT2D eigenvalue weighted by atomic mass is 9.72. The molecule has 0 amide bonds. The highest BCUT2D eigenvalue weighted by Crippen LogP contribution is 2.44. The Morgan fingerprint density at radius 1 is 1.47 bits per heavy atom. The number of benzene rings is 1. The smallest absolute Gasteiger partial charge is 0.161 e. The van der Waals surface area contributed by atoms with Gasteiger partial charge < -0.3 is 4.74 Å². The zero-order valence-electron chi connectivity index (χ0n) is 11.1. The Balaban J connectivity index is 1.97. The fraction of sp³-hybridized carbons (Fsp3) is 0.357. The number of aryl methyl sites for hydroxylation is 1. The lowest BCUT2D eigenvalue weighted by Gasteiger charge is -2.36. The minimum atomic E-state index is 0.0114. The Kier molecular flexibility index (Phi) is 3.00. The number of aromatic nitrogens is 2. The Morgan fingerprint density at radius 2 is 2.26 bits per heavy atom. The fourth-order valence-corrected chi connectivity index (χ4v) is 2.92. The Hall–Kier alpha value is -1.85. The van der Waals surface area contributed by atoms with Crippen molar-refractivity contribution in [3.63, 3.8) is 0 Å². The van der Waals surface area contributed by atoms with Gasteiger partial charge in [-0.1, -0.05) is 24.3 Å². The summed E-state index contributed by atoms with van der Waals surface area (Å²) in [5, 5.41) is 4.25. The van der Waals surface area contributed by atoms with E-state index >= 15 is 0 Å². The molecular formula is C14H18N4O. The first kappa shape index (κ1) is 12.2. The minimum absolute atomic E-state index is 0.0114. The molecular weight excluding hydrogens is 240 g/mol. The van der Waals surface area contributed by atoms with Gasteiger partial charge in [-0.05, 0) is 17.5 Å². The zero-order chi connectivity index (χ0) is 13.4. The summed E-state index contributed by atoms with van der Waals surface area (Å²) in [4.78, 5) is 0. The highest BCUT2D eigenvalue weighted by atomic mass is 16.5. The van der Waals surface area contributed by atoms with Crippen LogP contribution >= 0.6 is 0 Å². The standard InChI is InChI=1S/C14H18N4O/c1-18-14(12(19-2)8-16-18)13(17-15)11-7-9-5-3-4-6-10(9)11/h3-6,8,11,13,17H,7,15H2,1-2H3. The normalized spacial score (nSPS) is 18.6. The van der Waals surface area contributed by atoms with Crippen molar-refractivity contribution in [2.24, 2.45) is 12.9 Å². The van der Waals surface area contributed by atoms with E-state index in [2.05, 4.69) is 34.8 Å². The van der Waals surface area contributed by atoms with Crippen molar-refractivity contribution in [2.45, 2.75) is 18.4 Å². The zero-order valence-corrected chi connectivity index (χ0v) is 11.1. The quantitative estimate of drug-likeness (QED) is 0.640. The van der Waals surface area contributed by atoms with Crippen LogP contribution in [-0.2, 0) is 13.5 Å². The molecule has 0 saturated carbocycles. The van der Waals surface area contributed by atoms with E-state index in [0.29, 0.717) is 5.92 Å². The molecule has 0 fully saturated rings. The molecule has 0 saturated heterocycles. The third-order valence-corrected chi connectivity index (χ3v) is 3.94. The summed E-state index contributed by atoms with van der Waals surface area (Å²) in [6.07, 6.45) is 2.75. The van der Waals surface area contributed by atoms with E-state index < -0.39 is 0 Å². The van der Waals surface area contributed by atoms with Gasteiger partial charge in [0, 0.05) is 13.0 Å². The van der Waals surface area contributed by atoms with Crippen LogP contribution in [0.1, 0.15) is 28.8 Å². The first-order valence-electron chi connectivity index (χ1n) is 6.36. The Bertz CT molecular complexity index is 593. The van der Waals surface area contributed by atoms with Crippen LogP contribution in [0.15, 0.2) is 30.5 Å². The highest BCUT2D eigenvalue weighted by Gasteiger charge is 2.36. The van der Waals surface area contributed by atoms with Crippen LogP contribution in [-0.4, -0.2) is 16.9 Å². The second kappa shape index (κ2) is 4.68. The Labute approximate surface area is 112 Å². The molecule has 5 heteroatoms. The van der Waals surface area contributed by atoms with E-state index in [1.807, 2.05) is 11.7 Å². The number of hydrogen-bond donors (Lipinski definition) is 2. The first-order valence-corrected chi connectivity index (χ1v) is 6.36. The predicted octanol–water partition coefficient (Wildman–Crippen LogP) is 1.27. The van der Waals surface area contributed by atoms with Crippen LogP contribution in [0.3, 0.4) is 0 Å². The van der Waals surface area contributed by atoms with E-state index in [-0.39, 0.29) is 6.04 Å². The largest absolute Gasteiger partial charge is 0.493 e. The molecule has 1 aliphatic rings. The van der Waals surface area contributed by atoms with Gasteiger partial charge >= 0.3 is 0 Å². The third kappa shape index (κ3) is 1.82. The van der Waals surface area contributed by atoms with Crippen LogP contribution < -0.4 is 16.0 Å². The van der Waals surface area contributed by atoms with Crippen molar-refractivity contribution in [1.82, 2.24) is 15.2 Å². The molecule has 3 rings (SSSR count). The van der Waals surface area contributed by atoms with E-state index in [0.717, 1.165) is 17.9 Å². The molecule has 100 valence electrons. The molecule has 2 aromatic rings. The minimum Gasteiger partial charge on any atom is -0.493 e. The lowest BCUT2D eigenvalue weighted by Crippen LogP contribution is -2.38. The number of hydrogen-bond acceptors (Lipinski definition) is 4. The summed E-state index contributed by atoms with van der Waals surface area (Å²) in [6, 6.07) is 8.48. The summed E-state index contributed by atoms with van der Waals surface area (Å²) < 4.78 is 7.20. The van der Waals surface area contributed by atoms with Gasteiger partial charge in [0.1, 0.15) is 0 Å². The first-order chi connectivity index (χ1) is 9.26. The van der Waals surface area contributed by atoms with Gasteiger partial charge in [0.15, 0.2) is 5.75 Å². The van der Waals surface area contributed by atoms with Gasteiger partial charge in [0.2, 0.25) is 0 Å². The molecule has 5 nitrogen and oxygen atoms in total. The third-order valence-electron chi connectivity index (χ3n) is 3.94. The average Bonchev–Trinajstić information content (AvgIpc) is 2.77. The number of rotatable bonds is 4. The second-order valence-electron chi connectivity index (χ2n) is 4.88. The number of methoxy groups -OCH3 is 1. The van der Waals surface area contributed by atoms with Crippen molar-refractivity contribution in [1.29, 1.82) is 0 Å². The molecule has 1 aromatic heterocycles. The number of ether oxygens (including phenoxy) is 1. The summed E-state index contributed by atoms with van der Waals surface area (Å²) in [6.45, 7) is 0. The average molecular weight is 258 g/mol. The number of nitrogens with zero attached hydrogens (tertiary/aromatic N) is 2. The fourth-order valence-electron chi connectivity index (χ4n) is 2.92. The molecule has 0 bridgehead atoms. The lowest BCUT2D eigenvalue weighted by molar-refractivity contribution is 0.362. The maximum atomic E-state index is 5.78. The van der Waals surface area contributed by atoms with Crippen LogP contribution in [0.4, 0.5) is 0 Å². The van der Waals surface area contributed by atoms with Crippen LogP contribution in [0.5, 0.6) is 5.75 Å². The molecule has 0 radical (unpaired) electrons. The molecule has 0 aliphatic heterocycles. The van der Waals surface area contributed by atoms with Gasteiger partial charge in [-0.3, -0.25) is 16.0 Å². The molecule has 19 heavy (non-hydrogen) atoms. The van der Waals surface area contributed by atoms with E-state index in [9.17, 15) is 0 Å². The monoisotopic (exact) mass is 258 g/mol. The van der Waals surface area contributed by atoms with Crippen LogP contribution in [0.2, 0.25) is 0 Å². The van der Waals surface area contributed by atoms with Crippen molar-refractivity contribution >= 4 is 0 Å². The van der Waals surface area contributed by atoms with Gasteiger partial charge in [0.25, 0.3) is 0 Å². The molecule has 0 spiro atoms. The maximum absolute atomic E-state index is 5.78. The van der Waals surface area contributed by atoms with Crippen LogP contribution in [0.25, 0.3) is 0 Å². The topological polar surface area (TPSA) is 65.1 Å². The van der Waals surface area contributed by atoms with E-state index in [1.165, 1.54) is 11.1 Å². The summed E-state index contributed by atoms with van der Waals surface area (Å²) >= 11 is 0. The van der Waals surface area contributed by atoms with Gasteiger partial charge in [0.05, 0.1) is 25.0 Å². The number of nitrogens with one attached hydrogen (secondary N) is 1. The van der Waals surface area contributed by atoms with E-state index in [1.54, 1.807) is 13.3 Å². The molecule has 1 heterocycles. The summed E-state index contributed by atoms with van der Waals surface area (Å²) in [5.41, 5.74) is 6.66. The summed E-state index contributed by atoms with van der Waals surface area (Å²) in [5.74, 6) is 6.92. The maximum Gasteiger partial charge on any atom is 0.161 e. The van der Waals surface area contributed by atoms with Crippen molar-refractivity contribution in [3.8, 4) is 5.75 Å². The summed E-state index contributed by atoms with van der Waals surface area (Å²) in [7, 11) is 3.57. The van der Waals surface area contributed by atoms with Gasteiger partial charge in [-0.25, -0.2) is 0 Å². The highest BCUT2D eigenvalue weighted by molar-refractivity contribution is 5.44. The van der Waals surface area contributed by atoms with Crippen molar-refractivity contribution in [3.05, 3.63) is 47.3 Å². The number of fused-ring (bicyclic) bond motifs is 1. The molecule has 1 aromatic carbocycles. The van der Waals surface area contributed by atoms with Crippen molar-refractivity contribution in [2.75, 3.05) is 7.11 Å². The Morgan fingerprint density at radius 3 is 2.95 bits per heavy atom. The molecule has 1 aliphatic carbocycles. The molecule has 2 atom stereocenters. The number of hydrazine groups is 1. The SMILES string of the molecule is COc1cnn(C)c1C(NN)C1Cc2ccccc21. The molecule has 2 unspecified atom stereocenters. The van der Waals surface area contributed by atoms with Gasteiger partial charge in [-0.15, -0.1) is 0 Å². The van der Waals surface area contributed by atoms with Crippen molar-refractivity contribution < 1.29 is 4.74 Å². The van der Waals surface area contributed by atoms with E-state index in [4.69, 9.17) is 10.6 Å². The van der Waals surface area contributed by atoms with Gasteiger partial charge in [-0.2, -0.15) is 5.10 Å². The number of nitrogens with two attached hydrogens (primary N) is 1. The van der Waals surface area contributed by atoms with Crippen LogP contribution in [0, 0.1) is 0 Å².